The Balaban J connectivity index is 1.39. The molecular formula is C47H30N2. The zero-order chi connectivity index (χ0) is 32.8. The molecule has 0 spiro atoms. The van der Waals surface area contributed by atoms with E-state index in [0.29, 0.717) is 5.69 Å². The van der Waals surface area contributed by atoms with Gasteiger partial charge in [0.2, 0.25) is 5.69 Å². The lowest BCUT2D eigenvalue weighted by Gasteiger charge is -2.34. The third-order valence-corrected chi connectivity index (χ3v) is 10.0. The lowest BCUT2D eigenvalue weighted by Crippen LogP contribution is -2.28. The van der Waals surface area contributed by atoms with E-state index < -0.39 is 5.41 Å². The van der Waals surface area contributed by atoms with Crippen molar-refractivity contribution in [2.75, 3.05) is 0 Å². The minimum absolute atomic E-state index is 0.536. The molecule has 1 aromatic heterocycles. The van der Waals surface area contributed by atoms with E-state index in [2.05, 4.69) is 174 Å². The molecular weight excluding hydrogens is 593 g/mol. The van der Waals surface area contributed by atoms with Gasteiger partial charge in [0.15, 0.2) is 0 Å². The van der Waals surface area contributed by atoms with Gasteiger partial charge in [-0.15, -0.1) is 0 Å². The fourth-order valence-electron chi connectivity index (χ4n) is 7.91. The Hall–Kier alpha value is -6.56. The molecule has 0 N–H and O–H groups in total. The van der Waals surface area contributed by atoms with Crippen LogP contribution in [0.1, 0.15) is 22.3 Å². The summed E-state index contributed by atoms with van der Waals surface area (Å²) in [6.45, 7) is 7.52. The van der Waals surface area contributed by atoms with Crippen molar-refractivity contribution < 1.29 is 0 Å². The number of rotatable bonds is 5. The van der Waals surface area contributed by atoms with Crippen molar-refractivity contribution >= 4 is 16.5 Å². The summed E-state index contributed by atoms with van der Waals surface area (Å²) in [5, 5.41) is 2.45. The summed E-state index contributed by atoms with van der Waals surface area (Å²) in [6.07, 6.45) is 3.45. The van der Waals surface area contributed by atoms with Crippen molar-refractivity contribution in [3.8, 4) is 44.5 Å². The number of benzene rings is 7. The SMILES string of the molecule is [C-]#[N+]c1cncc(-c2cccc(-c3cc4c(c5ccccc35)-c3ccc(-c5ccccc5)cc3C4(c3ccccc3)c3ccccc3)c2)c1. The first kappa shape index (κ1) is 28.6. The molecule has 7 aromatic carbocycles. The third kappa shape index (κ3) is 4.52. The Bertz CT molecular complexity index is 2510. The summed E-state index contributed by atoms with van der Waals surface area (Å²) in [5.41, 5.74) is 14.3. The topological polar surface area (TPSA) is 17.2 Å². The maximum absolute atomic E-state index is 7.52. The molecule has 49 heavy (non-hydrogen) atoms. The van der Waals surface area contributed by atoms with Crippen LogP contribution < -0.4 is 0 Å². The highest BCUT2D eigenvalue weighted by Crippen LogP contribution is 2.59. The number of nitrogens with zero attached hydrogens (tertiary/aromatic N) is 2. The van der Waals surface area contributed by atoms with Gasteiger partial charge in [0.25, 0.3) is 0 Å². The van der Waals surface area contributed by atoms with Gasteiger partial charge in [0, 0.05) is 12.4 Å². The predicted octanol–water partition coefficient (Wildman–Crippen LogP) is 12.1. The normalized spacial score (nSPS) is 12.6. The van der Waals surface area contributed by atoms with Crippen LogP contribution in [-0.2, 0) is 5.41 Å². The van der Waals surface area contributed by atoms with Crippen molar-refractivity contribution in [3.63, 3.8) is 0 Å². The van der Waals surface area contributed by atoms with Gasteiger partial charge in [-0.25, -0.2) is 4.85 Å². The summed E-state index contributed by atoms with van der Waals surface area (Å²) in [4.78, 5) is 7.98. The lowest BCUT2D eigenvalue weighted by atomic mass is 9.67. The number of fused-ring (bicyclic) bond motifs is 5. The van der Waals surface area contributed by atoms with Crippen LogP contribution >= 0.6 is 0 Å². The average Bonchev–Trinajstić information content (AvgIpc) is 3.49. The zero-order valence-electron chi connectivity index (χ0n) is 26.7. The molecule has 0 unspecified atom stereocenters. The molecule has 8 aromatic rings. The van der Waals surface area contributed by atoms with Crippen LogP contribution in [0.4, 0.5) is 5.69 Å². The number of hydrogen-bond donors (Lipinski definition) is 0. The molecule has 0 amide bonds. The van der Waals surface area contributed by atoms with Crippen molar-refractivity contribution in [1.82, 2.24) is 4.98 Å². The first-order valence-electron chi connectivity index (χ1n) is 16.6. The van der Waals surface area contributed by atoms with Crippen molar-refractivity contribution in [2.45, 2.75) is 5.41 Å². The van der Waals surface area contributed by atoms with E-state index in [1.165, 1.54) is 60.8 Å². The number of hydrogen-bond acceptors (Lipinski definition) is 1. The van der Waals surface area contributed by atoms with E-state index in [1.54, 1.807) is 6.20 Å². The molecule has 2 nitrogen and oxygen atoms in total. The Morgan fingerprint density at radius 3 is 1.76 bits per heavy atom. The van der Waals surface area contributed by atoms with Gasteiger partial charge in [-0.2, -0.15) is 0 Å². The molecule has 0 saturated carbocycles. The average molecular weight is 623 g/mol. The minimum atomic E-state index is -0.553. The molecule has 0 aliphatic heterocycles. The maximum Gasteiger partial charge on any atom is 0.205 e. The Morgan fingerprint density at radius 2 is 1.04 bits per heavy atom. The molecule has 0 saturated heterocycles. The third-order valence-electron chi connectivity index (χ3n) is 10.0. The second-order valence-corrected chi connectivity index (χ2v) is 12.6. The van der Waals surface area contributed by atoms with Gasteiger partial charge in [0.05, 0.1) is 12.0 Å². The summed E-state index contributed by atoms with van der Waals surface area (Å²) in [5.74, 6) is 0. The van der Waals surface area contributed by atoms with Gasteiger partial charge in [-0.05, 0) is 102 Å². The number of pyridine rings is 1. The first-order valence-corrected chi connectivity index (χ1v) is 16.6. The van der Waals surface area contributed by atoms with Gasteiger partial charge < -0.3 is 0 Å². The van der Waals surface area contributed by atoms with Crippen LogP contribution in [0.5, 0.6) is 0 Å². The zero-order valence-corrected chi connectivity index (χ0v) is 26.7. The smallest absolute Gasteiger partial charge is 0.205 e. The lowest BCUT2D eigenvalue weighted by molar-refractivity contribution is 0.769. The molecule has 2 heteroatoms. The van der Waals surface area contributed by atoms with E-state index in [1.807, 2.05) is 12.3 Å². The van der Waals surface area contributed by atoms with Crippen LogP contribution in [0, 0.1) is 6.57 Å². The fourth-order valence-corrected chi connectivity index (χ4v) is 7.91. The van der Waals surface area contributed by atoms with E-state index in [-0.39, 0.29) is 0 Å². The molecule has 1 aliphatic rings. The van der Waals surface area contributed by atoms with Crippen molar-refractivity contribution in [1.29, 1.82) is 0 Å². The Kier molecular flexibility index (Phi) is 6.78. The standard InChI is InChI=1S/C47H30N2/c1-48-39-27-36(30-49-31-39)33-16-13-17-35(26-33)43-29-45-46(41-23-12-11-22-40(41)43)42-25-24-34(32-14-5-2-6-15-32)28-44(42)47(45,37-18-7-3-8-19-37)38-20-9-4-10-21-38/h2-31H. The van der Waals surface area contributed by atoms with Crippen molar-refractivity contribution in [2.24, 2.45) is 0 Å². The minimum Gasteiger partial charge on any atom is -0.276 e. The van der Waals surface area contributed by atoms with Crippen LogP contribution in [0.3, 0.4) is 0 Å². The Morgan fingerprint density at radius 1 is 0.429 bits per heavy atom. The van der Waals surface area contributed by atoms with Gasteiger partial charge >= 0.3 is 0 Å². The van der Waals surface area contributed by atoms with Crippen LogP contribution in [0.2, 0.25) is 0 Å². The quantitative estimate of drug-likeness (QED) is 0.175. The molecule has 9 rings (SSSR count). The second-order valence-electron chi connectivity index (χ2n) is 12.6. The summed E-state index contributed by atoms with van der Waals surface area (Å²) in [6, 6.07) is 61.6. The van der Waals surface area contributed by atoms with Gasteiger partial charge in [0.1, 0.15) is 0 Å². The highest BCUT2D eigenvalue weighted by Gasteiger charge is 2.47. The largest absolute Gasteiger partial charge is 0.276 e. The fraction of sp³-hybridized carbons (Fsp3) is 0.0213. The molecule has 0 fully saturated rings. The molecule has 228 valence electrons. The van der Waals surface area contributed by atoms with Crippen LogP contribution in [0.15, 0.2) is 182 Å². The molecule has 1 aliphatic carbocycles. The first-order chi connectivity index (χ1) is 24.3. The van der Waals surface area contributed by atoms with E-state index in [0.717, 1.165) is 16.7 Å². The molecule has 0 atom stereocenters. The molecule has 0 bridgehead atoms. The monoisotopic (exact) mass is 622 g/mol. The highest BCUT2D eigenvalue weighted by molar-refractivity contribution is 6.10. The highest BCUT2D eigenvalue weighted by atomic mass is 14.7. The molecule has 0 radical (unpaired) electrons. The predicted molar refractivity (Wildman–Crippen MR) is 202 cm³/mol. The van der Waals surface area contributed by atoms with Crippen LogP contribution in [0.25, 0.3) is 60.1 Å². The van der Waals surface area contributed by atoms with Crippen LogP contribution in [-0.4, -0.2) is 4.98 Å². The summed E-state index contributed by atoms with van der Waals surface area (Å²) < 4.78 is 0. The summed E-state index contributed by atoms with van der Waals surface area (Å²) in [7, 11) is 0. The number of aromatic nitrogens is 1. The molecule has 1 heterocycles. The van der Waals surface area contributed by atoms with E-state index >= 15 is 0 Å². The van der Waals surface area contributed by atoms with E-state index in [4.69, 9.17) is 6.57 Å². The second kappa shape index (κ2) is 11.6. The van der Waals surface area contributed by atoms with Gasteiger partial charge in [-0.3, -0.25) is 4.98 Å². The van der Waals surface area contributed by atoms with E-state index in [9.17, 15) is 0 Å². The van der Waals surface area contributed by atoms with Gasteiger partial charge in [-0.1, -0.05) is 146 Å². The summed E-state index contributed by atoms with van der Waals surface area (Å²) >= 11 is 0. The maximum atomic E-state index is 7.52. The Labute approximate surface area is 286 Å². The van der Waals surface area contributed by atoms with Crippen molar-refractivity contribution in [3.05, 3.63) is 216 Å².